The molecule has 11 heteroatoms. The Kier molecular flexibility index (Phi) is 6.34. The van der Waals surface area contributed by atoms with Crippen LogP contribution in [0.3, 0.4) is 0 Å². The first-order valence-corrected chi connectivity index (χ1v) is 9.15. The standard InChI is InChI=1S/C17H27NO10/c1-5-25-13(19)16(21)7-10(11-9-27-15(3,4)28-11)8-17(22,12(16)18(23)24)14(20)26-6-2/h10-12,21-22H,5-9H2,1-4H3/t10?,11-,12-,16-,17+/m1/s1. The summed E-state index contributed by atoms with van der Waals surface area (Å²) in [4.78, 5) is 35.7. The molecule has 2 N–H and O–H groups in total. The largest absolute Gasteiger partial charge is 0.464 e. The van der Waals surface area contributed by atoms with Gasteiger partial charge in [-0.2, -0.15) is 0 Å². The number of aliphatic hydroxyl groups is 2. The van der Waals surface area contributed by atoms with E-state index in [1.54, 1.807) is 13.8 Å². The third kappa shape index (κ3) is 3.97. The average Bonchev–Trinajstić information content (AvgIpc) is 2.94. The minimum Gasteiger partial charge on any atom is -0.464 e. The Hall–Kier alpha value is -1.82. The number of nitro groups is 1. The number of esters is 2. The SMILES string of the molecule is CCOC(=O)[C@]1(O)CC([C@H]2COC(C)(C)O2)C[C@](O)(C(=O)OCC)[C@H]1[N+](=O)[O-]. The van der Waals surface area contributed by atoms with E-state index in [2.05, 4.69) is 0 Å². The maximum absolute atomic E-state index is 12.5. The van der Waals surface area contributed by atoms with Crippen molar-refractivity contribution in [3.8, 4) is 0 Å². The third-order valence-electron chi connectivity index (χ3n) is 5.08. The number of hydrogen-bond donors (Lipinski definition) is 2. The summed E-state index contributed by atoms with van der Waals surface area (Å²) in [7, 11) is 0. The lowest BCUT2D eigenvalue weighted by Gasteiger charge is -2.45. The second-order valence-electron chi connectivity index (χ2n) is 7.51. The molecule has 28 heavy (non-hydrogen) atoms. The summed E-state index contributed by atoms with van der Waals surface area (Å²) in [6.45, 7) is 6.02. The van der Waals surface area contributed by atoms with Gasteiger partial charge in [0, 0.05) is 4.92 Å². The van der Waals surface area contributed by atoms with Crippen molar-refractivity contribution in [3.05, 3.63) is 10.1 Å². The van der Waals surface area contributed by atoms with Gasteiger partial charge in [0.25, 0.3) is 6.04 Å². The van der Waals surface area contributed by atoms with Crippen LogP contribution in [-0.2, 0) is 28.5 Å². The van der Waals surface area contributed by atoms with Crippen LogP contribution in [0.5, 0.6) is 0 Å². The molecule has 2 rings (SSSR count). The van der Waals surface area contributed by atoms with E-state index in [1.807, 2.05) is 0 Å². The van der Waals surface area contributed by atoms with E-state index in [-0.39, 0.29) is 19.8 Å². The topological polar surface area (TPSA) is 155 Å². The number of rotatable bonds is 6. The van der Waals surface area contributed by atoms with Gasteiger partial charge in [-0.15, -0.1) is 0 Å². The molecule has 160 valence electrons. The van der Waals surface area contributed by atoms with Crippen LogP contribution in [0.15, 0.2) is 0 Å². The molecule has 2 fully saturated rings. The zero-order valence-corrected chi connectivity index (χ0v) is 16.4. The van der Waals surface area contributed by atoms with Gasteiger partial charge in [-0.05, 0) is 46.5 Å². The molecule has 0 spiro atoms. The predicted octanol–water partition coefficient (Wildman–Crippen LogP) is -0.218. The molecule has 1 aliphatic carbocycles. The average molecular weight is 405 g/mol. The summed E-state index contributed by atoms with van der Waals surface area (Å²) in [5.74, 6) is -4.33. The van der Waals surface area contributed by atoms with E-state index < -0.39 is 64.8 Å². The Morgan fingerprint density at radius 1 is 1.11 bits per heavy atom. The molecular formula is C17H27NO10. The fourth-order valence-electron chi connectivity index (χ4n) is 3.95. The number of nitrogens with zero attached hydrogens (tertiary/aromatic N) is 1. The van der Waals surface area contributed by atoms with Crippen LogP contribution in [0.4, 0.5) is 0 Å². The first kappa shape index (κ1) is 22.5. The van der Waals surface area contributed by atoms with Crippen molar-refractivity contribution >= 4 is 11.9 Å². The van der Waals surface area contributed by atoms with Gasteiger partial charge in [0.1, 0.15) is 0 Å². The highest BCUT2D eigenvalue weighted by Gasteiger charge is 2.72. The molecule has 1 saturated carbocycles. The summed E-state index contributed by atoms with van der Waals surface area (Å²) in [5, 5.41) is 33.8. The lowest BCUT2D eigenvalue weighted by Crippen LogP contribution is -2.72. The minimum atomic E-state index is -2.75. The molecule has 0 aromatic rings. The monoisotopic (exact) mass is 405 g/mol. The third-order valence-corrected chi connectivity index (χ3v) is 5.08. The molecule has 1 aliphatic heterocycles. The van der Waals surface area contributed by atoms with Gasteiger partial charge in [-0.1, -0.05) is 0 Å². The summed E-state index contributed by atoms with van der Waals surface area (Å²) < 4.78 is 20.9. The number of ether oxygens (including phenoxy) is 4. The van der Waals surface area contributed by atoms with E-state index in [0.29, 0.717) is 0 Å². The normalized spacial score (nSPS) is 37.3. The van der Waals surface area contributed by atoms with Crippen LogP contribution < -0.4 is 0 Å². The highest BCUT2D eigenvalue weighted by molar-refractivity contribution is 5.86. The van der Waals surface area contributed by atoms with Crippen molar-refractivity contribution in [2.75, 3.05) is 19.8 Å². The van der Waals surface area contributed by atoms with Gasteiger partial charge < -0.3 is 29.2 Å². The summed E-state index contributed by atoms with van der Waals surface area (Å²) in [6, 6.07) is -2.36. The fourth-order valence-corrected chi connectivity index (χ4v) is 3.95. The summed E-state index contributed by atoms with van der Waals surface area (Å²) in [5.41, 5.74) is -5.50. The fraction of sp³-hybridized carbons (Fsp3) is 0.882. The van der Waals surface area contributed by atoms with Gasteiger partial charge in [-0.25, -0.2) is 9.59 Å². The molecular weight excluding hydrogens is 378 g/mol. The van der Waals surface area contributed by atoms with Crippen LogP contribution >= 0.6 is 0 Å². The second kappa shape index (κ2) is 7.90. The van der Waals surface area contributed by atoms with Crippen LogP contribution in [0.1, 0.15) is 40.5 Å². The van der Waals surface area contributed by atoms with Gasteiger partial charge in [0.2, 0.25) is 11.2 Å². The first-order chi connectivity index (χ1) is 12.9. The Bertz CT molecular complexity index is 603. The molecule has 5 atom stereocenters. The maximum atomic E-state index is 12.5. The highest BCUT2D eigenvalue weighted by atomic mass is 16.7. The Labute approximate surface area is 162 Å². The van der Waals surface area contributed by atoms with Crippen LogP contribution in [0.2, 0.25) is 0 Å². The lowest BCUT2D eigenvalue weighted by atomic mass is 9.64. The van der Waals surface area contributed by atoms with Crippen LogP contribution in [0, 0.1) is 16.0 Å². The number of carbonyl (C=O) groups excluding carboxylic acids is 2. The quantitative estimate of drug-likeness (QED) is 0.344. The Balaban J connectivity index is 2.50. The smallest absolute Gasteiger partial charge is 0.345 e. The summed E-state index contributed by atoms with van der Waals surface area (Å²) >= 11 is 0. The van der Waals surface area contributed by atoms with E-state index in [9.17, 15) is 29.9 Å². The van der Waals surface area contributed by atoms with Crippen LogP contribution in [0.25, 0.3) is 0 Å². The highest BCUT2D eigenvalue weighted by Crippen LogP contribution is 2.45. The van der Waals surface area contributed by atoms with E-state index in [4.69, 9.17) is 18.9 Å². The summed E-state index contributed by atoms with van der Waals surface area (Å²) in [6.07, 6.45) is -1.59. The zero-order chi connectivity index (χ0) is 21.3. The number of carbonyl (C=O) groups is 2. The van der Waals surface area contributed by atoms with Crippen molar-refractivity contribution in [1.82, 2.24) is 0 Å². The molecule has 0 aromatic carbocycles. The van der Waals surface area contributed by atoms with Crippen molar-refractivity contribution in [1.29, 1.82) is 0 Å². The van der Waals surface area contributed by atoms with E-state index >= 15 is 0 Å². The molecule has 1 saturated heterocycles. The predicted molar refractivity (Wildman–Crippen MR) is 91.6 cm³/mol. The van der Waals surface area contributed by atoms with Crippen LogP contribution in [-0.4, -0.2) is 76.0 Å². The molecule has 0 amide bonds. The molecule has 0 aromatic heterocycles. The maximum Gasteiger partial charge on any atom is 0.345 e. The Morgan fingerprint density at radius 2 is 1.57 bits per heavy atom. The van der Waals surface area contributed by atoms with Crippen molar-refractivity contribution in [3.63, 3.8) is 0 Å². The first-order valence-electron chi connectivity index (χ1n) is 9.15. The Morgan fingerprint density at radius 3 is 1.89 bits per heavy atom. The molecule has 1 heterocycles. The molecule has 11 nitrogen and oxygen atoms in total. The van der Waals surface area contributed by atoms with E-state index in [0.717, 1.165) is 0 Å². The van der Waals surface area contributed by atoms with Crippen molar-refractivity contribution in [2.24, 2.45) is 5.92 Å². The van der Waals surface area contributed by atoms with Gasteiger partial charge >= 0.3 is 11.9 Å². The molecule has 0 bridgehead atoms. The molecule has 2 aliphatic rings. The van der Waals surface area contributed by atoms with Gasteiger partial charge in [0.05, 0.1) is 25.9 Å². The van der Waals surface area contributed by atoms with Crippen molar-refractivity contribution in [2.45, 2.75) is 69.7 Å². The van der Waals surface area contributed by atoms with Gasteiger partial charge in [0.15, 0.2) is 5.79 Å². The molecule has 0 radical (unpaired) electrons. The zero-order valence-electron chi connectivity index (χ0n) is 16.4. The van der Waals surface area contributed by atoms with Gasteiger partial charge in [-0.3, -0.25) is 10.1 Å². The number of hydrogen-bond acceptors (Lipinski definition) is 10. The second-order valence-corrected chi connectivity index (χ2v) is 7.51. The van der Waals surface area contributed by atoms with E-state index in [1.165, 1.54) is 13.8 Å². The van der Waals surface area contributed by atoms with Crippen molar-refractivity contribution < 1.29 is 43.7 Å². The minimum absolute atomic E-state index is 0.0681. The molecule has 1 unspecified atom stereocenters. The lowest BCUT2D eigenvalue weighted by molar-refractivity contribution is -0.567.